The molecule has 3 aromatic rings. The lowest BCUT2D eigenvalue weighted by atomic mass is 10.1. The molecule has 0 spiro atoms. The molecular weight excluding hydrogens is 435 g/mol. The molecule has 0 aliphatic carbocycles. The Morgan fingerprint density at radius 1 is 1.03 bits per heavy atom. The van der Waals surface area contributed by atoms with Gasteiger partial charge in [0.05, 0.1) is 18.9 Å². The van der Waals surface area contributed by atoms with Gasteiger partial charge in [-0.3, -0.25) is 0 Å². The first-order valence-corrected chi connectivity index (χ1v) is 10.4. The predicted octanol–water partition coefficient (Wildman–Crippen LogP) is 4.97. The third-order valence-corrected chi connectivity index (χ3v) is 5.07. The molecule has 0 atom stereocenters. The van der Waals surface area contributed by atoms with E-state index in [0.717, 1.165) is 28.9 Å². The summed E-state index contributed by atoms with van der Waals surface area (Å²) in [5.41, 5.74) is 3.79. The van der Waals surface area contributed by atoms with Crippen LogP contribution in [0.5, 0.6) is 5.75 Å². The maximum Gasteiger partial charge on any atom is 0.573 e. The number of morpholine rings is 1. The lowest BCUT2D eigenvalue weighted by molar-refractivity contribution is -0.274. The molecule has 1 aromatic heterocycles. The molecule has 1 N–H and O–H groups in total. The van der Waals surface area contributed by atoms with Crippen molar-refractivity contribution in [2.45, 2.75) is 12.8 Å². The Kier molecular flexibility index (Phi) is 6.79. The van der Waals surface area contributed by atoms with Gasteiger partial charge in [-0.15, -0.1) is 13.2 Å². The van der Waals surface area contributed by atoms with Gasteiger partial charge in [0, 0.05) is 42.5 Å². The Morgan fingerprint density at radius 3 is 2.48 bits per heavy atom. The molecule has 1 saturated heterocycles. The highest BCUT2D eigenvalue weighted by Crippen LogP contribution is 2.30. The smallest absolute Gasteiger partial charge is 0.406 e. The van der Waals surface area contributed by atoms with E-state index in [1.807, 2.05) is 36.4 Å². The van der Waals surface area contributed by atoms with Crippen molar-refractivity contribution >= 4 is 23.5 Å². The van der Waals surface area contributed by atoms with Crippen LogP contribution in [0.3, 0.4) is 0 Å². The van der Waals surface area contributed by atoms with Gasteiger partial charge in [0.1, 0.15) is 17.9 Å². The van der Waals surface area contributed by atoms with Gasteiger partial charge in [-0.05, 0) is 42.0 Å². The van der Waals surface area contributed by atoms with E-state index in [0.29, 0.717) is 44.1 Å². The highest BCUT2D eigenvalue weighted by atomic mass is 19.4. The van der Waals surface area contributed by atoms with Crippen LogP contribution in [0.1, 0.15) is 5.56 Å². The van der Waals surface area contributed by atoms with Crippen molar-refractivity contribution in [2.24, 2.45) is 0 Å². The molecule has 172 valence electrons. The van der Waals surface area contributed by atoms with Crippen LogP contribution in [0, 0.1) is 0 Å². The zero-order valence-corrected chi connectivity index (χ0v) is 17.6. The number of alkyl halides is 3. The van der Waals surface area contributed by atoms with Crippen molar-refractivity contribution < 1.29 is 27.4 Å². The molecule has 1 aliphatic heterocycles. The molecule has 1 aliphatic rings. The zero-order chi connectivity index (χ0) is 23.3. The number of ether oxygens (including phenoxy) is 2. The SMILES string of the molecule is O=CCc1cccc(-c2cc(Nc3ccc(OC(F)(F)F)cc3)cc(N3CCOCC3)n2)c1. The molecule has 1 fully saturated rings. The molecule has 0 bridgehead atoms. The molecule has 2 heterocycles. The van der Waals surface area contributed by atoms with Crippen molar-refractivity contribution in [3.05, 3.63) is 66.2 Å². The summed E-state index contributed by atoms with van der Waals surface area (Å²) in [4.78, 5) is 17.9. The number of carbonyl (C=O) groups is 1. The number of rotatable bonds is 7. The summed E-state index contributed by atoms with van der Waals surface area (Å²) in [6, 6.07) is 16.9. The fourth-order valence-corrected chi connectivity index (χ4v) is 3.55. The van der Waals surface area contributed by atoms with Crippen LogP contribution in [0.4, 0.5) is 30.4 Å². The number of hydrogen-bond acceptors (Lipinski definition) is 6. The Balaban J connectivity index is 1.64. The first kappa shape index (κ1) is 22.6. The van der Waals surface area contributed by atoms with Crippen LogP contribution in [0.2, 0.25) is 0 Å². The van der Waals surface area contributed by atoms with Crippen LogP contribution in [-0.4, -0.2) is 43.9 Å². The average Bonchev–Trinajstić information content (AvgIpc) is 2.80. The molecule has 9 heteroatoms. The number of aromatic nitrogens is 1. The van der Waals surface area contributed by atoms with Gasteiger partial charge in [-0.25, -0.2) is 4.98 Å². The summed E-state index contributed by atoms with van der Waals surface area (Å²) >= 11 is 0. The number of benzene rings is 2. The van der Waals surface area contributed by atoms with Gasteiger partial charge in [-0.1, -0.05) is 18.2 Å². The van der Waals surface area contributed by atoms with Crippen LogP contribution in [0.15, 0.2) is 60.7 Å². The predicted molar refractivity (Wildman–Crippen MR) is 119 cm³/mol. The number of anilines is 3. The number of halogens is 3. The summed E-state index contributed by atoms with van der Waals surface area (Å²) < 4.78 is 46.6. The molecule has 33 heavy (non-hydrogen) atoms. The van der Waals surface area contributed by atoms with Crippen LogP contribution >= 0.6 is 0 Å². The summed E-state index contributed by atoms with van der Waals surface area (Å²) in [6.07, 6.45) is -3.56. The minimum absolute atomic E-state index is 0.288. The van der Waals surface area contributed by atoms with Crippen molar-refractivity contribution in [1.29, 1.82) is 0 Å². The molecule has 4 rings (SSSR count). The van der Waals surface area contributed by atoms with Crippen molar-refractivity contribution in [3.8, 4) is 17.0 Å². The quantitative estimate of drug-likeness (QED) is 0.506. The Morgan fingerprint density at radius 2 is 1.79 bits per heavy atom. The van der Waals surface area contributed by atoms with Crippen LogP contribution < -0.4 is 15.0 Å². The second-order valence-corrected chi connectivity index (χ2v) is 7.47. The van der Waals surface area contributed by atoms with E-state index in [-0.39, 0.29) is 5.75 Å². The summed E-state index contributed by atoms with van der Waals surface area (Å²) in [6.45, 7) is 2.60. The normalized spacial score (nSPS) is 14.1. The fraction of sp³-hybridized carbons (Fsp3) is 0.250. The topological polar surface area (TPSA) is 63.7 Å². The van der Waals surface area contributed by atoms with E-state index in [4.69, 9.17) is 9.72 Å². The number of hydrogen-bond donors (Lipinski definition) is 1. The van der Waals surface area contributed by atoms with E-state index in [1.54, 1.807) is 0 Å². The largest absolute Gasteiger partial charge is 0.573 e. The van der Waals surface area contributed by atoms with Crippen LogP contribution in [0.25, 0.3) is 11.3 Å². The number of aldehydes is 1. The maximum atomic E-state index is 12.4. The first-order chi connectivity index (χ1) is 15.9. The molecule has 2 aromatic carbocycles. The van der Waals surface area contributed by atoms with Crippen molar-refractivity contribution in [1.82, 2.24) is 4.98 Å². The molecule has 0 saturated carbocycles. The molecule has 6 nitrogen and oxygen atoms in total. The molecule has 0 radical (unpaired) electrons. The van der Waals surface area contributed by atoms with Gasteiger partial charge in [0.25, 0.3) is 0 Å². The van der Waals surface area contributed by atoms with E-state index < -0.39 is 6.36 Å². The van der Waals surface area contributed by atoms with E-state index in [2.05, 4.69) is 15.0 Å². The minimum Gasteiger partial charge on any atom is -0.406 e. The Bertz CT molecular complexity index is 1100. The second-order valence-electron chi connectivity index (χ2n) is 7.47. The number of nitrogens with one attached hydrogen (secondary N) is 1. The van der Waals surface area contributed by atoms with Gasteiger partial charge in [-0.2, -0.15) is 0 Å². The van der Waals surface area contributed by atoms with E-state index >= 15 is 0 Å². The fourth-order valence-electron chi connectivity index (χ4n) is 3.55. The standard InChI is InChI=1S/C24H22F3N3O3/c25-24(26,27)33-21-6-4-19(5-7-21)28-20-15-22(18-3-1-2-17(14-18)8-11-31)29-23(16-20)30-9-12-32-13-10-30/h1-7,11,14-16H,8-10,12-13H2,(H,28,29). The first-order valence-electron chi connectivity index (χ1n) is 10.4. The number of carbonyl (C=O) groups excluding carboxylic acids is 1. The highest BCUT2D eigenvalue weighted by Gasteiger charge is 2.31. The molecule has 0 amide bonds. The van der Waals surface area contributed by atoms with E-state index in [9.17, 15) is 18.0 Å². The second kappa shape index (κ2) is 9.91. The summed E-state index contributed by atoms with van der Waals surface area (Å²) in [7, 11) is 0. The van der Waals surface area contributed by atoms with Crippen LogP contribution in [-0.2, 0) is 16.0 Å². The van der Waals surface area contributed by atoms with Gasteiger partial charge in [0.15, 0.2) is 0 Å². The number of pyridine rings is 1. The van der Waals surface area contributed by atoms with Gasteiger partial charge < -0.3 is 24.5 Å². The third-order valence-electron chi connectivity index (χ3n) is 5.07. The highest BCUT2D eigenvalue weighted by molar-refractivity contribution is 5.72. The summed E-state index contributed by atoms with van der Waals surface area (Å²) in [5.74, 6) is 0.473. The van der Waals surface area contributed by atoms with Gasteiger partial charge >= 0.3 is 6.36 Å². The van der Waals surface area contributed by atoms with E-state index in [1.165, 1.54) is 24.3 Å². The third kappa shape index (κ3) is 6.23. The Labute approximate surface area is 189 Å². The number of nitrogens with zero attached hydrogens (tertiary/aromatic N) is 2. The zero-order valence-electron chi connectivity index (χ0n) is 17.6. The van der Waals surface area contributed by atoms with Gasteiger partial charge in [0.2, 0.25) is 0 Å². The maximum absolute atomic E-state index is 12.4. The minimum atomic E-state index is -4.74. The molecular formula is C24H22F3N3O3. The Hall–Kier alpha value is -3.59. The van der Waals surface area contributed by atoms with Crippen molar-refractivity contribution in [2.75, 3.05) is 36.5 Å². The molecule has 0 unspecified atom stereocenters. The van der Waals surface area contributed by atoms with Crippen molar-refractivity contribution in [3.63, 3.8) is 0 Å². The monoisotopic (exact) mass is 457 g/mol. The summed E-state index contributed by atoms with van der Waals surface area (Å²) in [5, 5.41) is 3.23. The lowest BCUT2D eigenvalue weighted by Gasteiger charge is -2.28. The lowest BCUT2D eigenvalue weighted by Crippen LogP contribution is -2.36. The average molecular weight is 457 g/mol.